The number of halogens is 4. The minimum Gasteiger partial charge on any atom is -0.448 e. The van der Waals surface area contributed by atoms with Gasteiger partial charge in [-0.2, -0.15) is 18.1 Å². The highest BCUT2D eigenvalue weighted by Gasteiger charge is 2.46. The summed E-state index contributed by atoms with van der Waals surface area (Å²) in [5, 5.41) is 7.77. The third kappa shape index (κ3) is 4.51. The monoisotopic (exact) mass is 206 g/mol. The third-order valence-corrected chi connectivity index (χ3v) is 0.963. The van der Waals surface area contributed by atoms with Gasteiger partial charge in [0.25, 0.3) is 0 Å². The van der Waals surface area contributed by atoms with Gasteiger partial charge in [0.2, 0.25) is 6.10 Å². The Labute approximate surface area is 70.0 Å². The van der Waals surface area contributed by atoms with Gasteiger partial charge in [0.05, 0.1) is 0 Å². The van der Waals surface area contributed by atoms with Gasteiger partial charge >= 0.3 is 12.3 Å². The highest BCUT2D eigenvalue weighted by Crippen LogP contribution is 2.26. The third-order valence-electron chi connectivity index (χ3n) is 0.963. The zero-order valence-corrected chi connectivity index (χ0v) is 6.34. The van der Waals surface area contributed by atoms with Crippen molar-refractivity contribution in [2.24, 2.45) is 0 Å². The predicted octanol–water partition coefficient (Wildman–Crippen LogP) is 1.90. The van der Waals surface area contributed by atoms with Crippen molar-refractivity contribution in [1.29, 1.82) is 0 Å². The van der Waals surface area contributed by atoms with Crippen molar-refractivity contribution < 1.29 is 37.2 Å². The van der Waals surface area contributed by atoms with Crippen molar-refractivity contribution in [3.63, 3.8) is 0 Å². The molecule has 0 bridgehead atoms. The molecule has 0 aromatic carbocycles. The minimum absolute atomic E-state index is 0.573. The molecule has 2 atom stereocenters. The Hall–Kier alpha value is -1.05. The first-order valence-electron chi connectivity index (χ1n) is 3.02. The van der Waals surface area contributed by atoms with Crippen LogP contribution in [0.5, 0.6) is 0 Å². The second-order valence-electron chi connectivity index (χ2n) is 2.09. The van der Waals surface area contributed by atoms with Gasteiger partial charge in [0.1, 0.15) is 6.17 Å². The van der Waals surface area contributed by atoms with Gasteiger partial charge in [-0.3, -0.25) is 4.89 Å². The van der Waals surface area contributed by atoms with Gasteiger partial charge in [-0.1, -0.05) is 0 Å². The first-order chi connectivity index (χ1) is 5.75. The van der Waals surface area contributed by atoms with Crippen LogP contribution in [-0.4, -0.2) is 29.7 Å². The van der Waals surface area contributed by atoms with E-state index < -0.39 is 24.6 Å². The molecule has 0 aromatic rings. The van der Waals surface area contributed by atoms with Crippen molar-refractivity contribution >= 4 is 6.16 Å². The topological polar surface area (TPSA) is 55.8 Å². The van der Waals surface area contributed by atoms with E-state index in [-0.39, 0.29) is 0 Å². The fourth-order valence-corrected chi connectivity index (χ4v) is 0.485. The standard InChI is InChI=1S/C5H6F4O4/c1-2(6)3(5(7,8)9)12-13-4(10)11/h2-3H,1H3,(H,10,11). The summed E-state index contributed by atoms with van der Waals surface area (Å²) in [5.74, 6) is 0. The van der Waals surface area contributed by atoms with Crippen molar-refractivity contribution in [2.45, 2.75) is 25.4 Å². The molecule has 0 saturated heterocycles. The number of rotatable bonds is 3. The molecule has 0 spiro atoms. The van der Waals surface area contributed by atoms with E-state index in [0.29, 0.717) is 6.92 Å². The quantitative estimate of drug-likeness (QED) is 0.435. The Morgan fingerprint density at radius 1 is 1.46 bits per heavy atom. The molecule has 0 aliphatic carbocycles. The van der Waals surface area contributed by atoms with Gasteiger partial charge in [-0.25, -0.2) is 9.18 Å². The van der Waals surface area contributed by atoms with Crippen LogP contribution in [0.15, 0.2) is 0 Å². The highest BCUT2D eigenvalue weighted by molar-refractivity contribution is 5.55. The molecular weight excluding hydrogens is 200 g/mol. The lowest BCUT2D eigenvalue weighted by Crippen LogP contribution is -2.39. The van der Waals surface area contributed by atoms with Crippen LogP contribution in [-0.2, 0) is 9.78 Å². The van der Waals surface area contributed by atoms with Crippen molar-refractivity contribution in [2.75, 3.05) is 0 Å². The summed E-state index contributed by atoms with van der Waals surface area (Å²) in [7, 11) is 0. The highest BCUT2D eigenvalue weighted by atomic mass is 19.4. The maximum absolute atomic E-state index is 12.2. The SMILES string of the molecule is CC(F)C(OOC(=O)O)C(F)(F)F. The minimum atomic E-state index is -5.01. The Morgan fingerprint density at radius 2 is 1.92 bits per heavy atom. The molecule has 8 heteroatoms. The Bertz CT molecular complexity index is 178. The second-order valence-corrected chi connectivity index (χ2v) is 2.09. The Balaban J connectivity index is 4.20. The molecule has 0 fully saturated rings. The van der Waals surface area contributed by atoms with E-state index in [1.807, 2.05) is 0 Å². The van der Waals surface area contributed by atoms with Crippen LogP contribution >= 0.6 is 0 Å². The molecule has 0 amide bonds. The number of hydrogen-bond donors (Lipinski definition) is 1. The molecule has 78 valence electrons. The first-order valence-corrected chi connectivity index (χ1v) is 3.02. The Kier molecular flexibility index (Phi) is 3.92. The number of carboxylic acid groups (broad SMARTS) is 1. The summed E-state index contributed by atoms with van der Waals surface area (Å²) in [5.41, 5.74) is 0. The first kappa shape index (κ1) is 11.9. The van der Waals surface area contributed by atoms with E-state index in [4.69, 9.17) is 5.11 Å². The van der Waals surface area contributed by atoms with E-state index in [9.17, 15) is 22.4 Å². The van der Waals surface area contributed by atoms with E-state index in [1.165, 1.54) is 0 Å². The number of alkyl halides is 4. The number of carbonyl (C=O) groups is 1. The van der Waals surface area contributed by atoms with Gasteiger partial charge in [0.15, 0.2) is 0 Å². The van der Waals surface area contributed by atoms with E-state index in [1.54, 1.807) is 0 Å². The molecule has 0 heterocycles. The zero-order valence-electron chi connectivity index (χ0n) is 6.34. The molecular formula is C5H6F4O4. The fourth-order valence-electron chi connectivity index (χ4n) is 0.485. The van der Waals surface area contributed by atoms with E-state index in [2.05, 4.69) is 9.78 Å². The maximum atomic E-state index is 12.2. The normalized spacial score (nSPS) is 16.4. The summed E-state index contributed by atoms with van der Waals surface area (Å²) in [6, 6.07) is 0. The van der Waals surface area contributed by atoms with Gasteiger partial charge in [-0.15, -0.1) is 0 Å². The molecule has 1 N–H and O–H groups in total. The molecule has 0 aliphatic heterocycles. The summed E-state index contributed by atoms with van der Waals surface area (Å²) < 4.78 is 47.5. The van der Waals surface area contributed by atoms with E-state index >= 15 is 0 Å². The lowest BCUT2D eigenvalue weighted by Gasteiger charge is -2.18. The van der Waals surface area contributed by atoms with Crippen LogP contribution in [0.3, 0.4) is 0 Å². The summed E-state index contributed by atoms with van der Waals surface area (Å²) in [6.07, 6.45) is -12.4. The van der Waals surface area contributed by atoms with Crippen molar-refractivity contribution in [3.05, 3.63) is 0 Å². The van der Waals surface area contributed by atoms with Crippen LogP contribution in [0.25, 0.3) is 0 Å². The molecule has 0 aromatic heterocycles. The Morgan fingerprint density at radius 3 is 2.15 bits per heavy atom. The van der Waals surface area contributed by atoms with Crippen molar-refractivity contribution in [3.8, 4) is 0 Å². The molecule has 0 radical (unpaired) electrons. The van der Waals surface area contributed by atoms with Crippen LogP contribution < -0.4 is 0 Å². The average molecular weight is 206 g/mol. The number of hydrogen-bond acceptors (Lipinski definition) is 3. The molecule has 0 rings (SSSR count). The molecule has 4 nitrogen and oxygen atoms in total. The lowest BCUT2D eigenvalue weighted by molar-refractivity contribution is -0.360. The van der Waals surface area contributed by atoms with E-state index in [0.717, 1.165) is 0 Å². The summed E-state index contributed by atoms with van der Waals surface area (Å²) in [6.45, 7) is 0.573. The molecule has 2 unspecified atom stereocenters. The average Bonchev–Trinajstić information content (AvgIpc) is 1.81. The predicted molar refractivity (Wildman–Crippen MR) is 30.6 cm³/mol. The fraction of sp³-hybridized carbons (Fsp3) is 0.800. The van der Waals surface area contributed by atoms with Crippen LogP contribution in [0.2, 0.25) is 0 Å². The smallest absolute Gasteiger partial charge is 0.448 e. The molecule has 13 heavy (non-hydrogen) atoms. The summed E-state index contributed by atoms with van der Waals surface area (Å²) >= 11 is 0. The zero-order chi connectivity index (χ0) is 10.6. The van der Waals surface area contributed by atoms with Gasteiger partial charge < -0.3 is 5.11 Å². The molecule has 0 saturated carbocycles. The van der Waals surface area contributed by atoms with Crippen molar-refractivity contribution in [1.82, 2.24) is 0 Å². The van der Waals surface area contributed by atoms with Gasteiger partial charge in [0, 0.05) is 0 Å². The van der Waals surface area contributed by atoms with Crippen LogP contribution in [0.1, 0.15) is 6.92 Å². The summed E-state index contributed by atoms with van der Waals surface area (Å²) in [4.78, 5) is 16.1. The van der Waals surface area contributed by atoms with Gasteiger partial charge in [-0.05, 0) is 6.92 Å². The van der Waals surface area contributed by atoms with Crippen LogP contribution in [0.4, 0.5) is 22.4 Å². The largest absolute Gasteiger partial charge is 0.537 e. The maximum Gasteiger partial charge on any atom is 0.537 e. The van der Waals surface area contributed by atoms with Crippen LogP contribution in [0, 0.1) is 0 Å². The lowest BCUT2D eigenvalue weighted by atomic mass is 10.2. The molecule has 0 aliphatic rings. The second kappa shape index (κ2) is 4.26.